The summed E-state index contributed by atoms with van der Waals surface area (Å²) in [6, 6.07) is 14.0. The topological polar surface area (TPSA) is 72.7 Å². The van der Waals surface area contributed by atoms with Crippen LogP contribution in [0.5, 0.6) is 0 Å². The number of amides is 1. The van der Waals surface area contributed by atoms with Gasteiger partial charge >= 0.3 is 5.97 Å². The molecule has 1 amide bonds. The standard InChI is InChI=1S/C26H21F2N3O3/c1-34-26(33)16-10-18(11-16)29-25(32)15-8-9-31-14-23(30-24(31)12-15)21-5-3-2-4-19(21)20-7-6-17(27)13-22(20)28/h2-9,12-14,16,18H,10-11H2,1H3,(H,29,32)/t16-,18+. The number of benzene rings is 2. The highest BCUT2D eigenvalue weighted by Crippen LogP contribution is 2.33. The van der Waals surface area contributed by atoms with Gasteiger partial charge in [0.1, 0.15) is 17.3 Å². The largest absolute Gasteiger partial charge is 0.469 e. The molecule has 6 nitrogen and oxygen atoms in total. The molecule has 1 saturated carbocycles. The molecular weight excluding hydrogens is 440 g/mol. The van der Waals surface area contributed by atoms with Gasteiger partial charge in [-0.3, -0.25) is 9.59 Å². The van der Waals surface area contributed by atoms with E-state index >= 15 is 0 Å². The predicted molar refractivity (Wildman–Crippen MR) is 122 cm³/mol. The number of pyridine rings is 1. The second-order valence-corrected chi connectivity index (χ2v) is 8.34. The Labute approximate surface area is 194 Å². The van der Waals surface area contributed by atoms with Gasteiger partial charge in [0, 0.05) is 41.2 Å². The average Bonchev–Trinajstić information content (AvgIpc) is 3.24. The lowest BCUT2D eigenvalue weighted by atomic mass is 9.80. The van der Waals surface area contributed by atoms with E-state index in [0.29, 0.717) is 40.9 Å². The van der Waals surface area contributed by atoms with Gasteiger partial charge < -0.3 is 14.5 Å². The quantitative estimate of drug-likeness (QED) is 0.440. The van der Waals surface area contributed by atoms with Crippen molar-refractivity contribution in [2.45, 2.75) is 18.9 Å². The fourth-order valence-electron chi connectivity index (χ4n) is 4.27. The number of methoxy groups -OCH3 is 1. The van der Waals surface area contributed by atoms with E-state index in [1.807, 2.05) is 12.1 Å². The van der Waals surface area contributed by atoms with Crippen LogP contribution >= 0.6 is 0 Å². The Morgan fingerprint density at radius 2 is 1.79 bits per heavy atom. The molecule has 34 heavy (non-hydrogen) atoms. The smallest absolute Gasteiger partial charge is 0.308 e. The molecule has 1 N–H and O–H groups in total. The molecule has 1 aliphatic rings. The lowest BCUT2D eigenvalue weighted by Gasteiger charge is -2.33. The third-order valence-electron chi connectivity index (χ3n) is 6.15. The summed E-state index contributed by atoms with van der Waals surface area (Å²) in [4.78, 5) is 28.9. The molecule has 2 aromatic heterocycles. The van der Waals surface area contributed by atoms with Crippen LogP contribution in [0.1, 0.15) is 23.2 Å². The van der Waals surface area contributed by atoms with Gasteiger partial charge in [-0.25, -0.2) is 13.8 Å². The fraction of sp³-hybridized carbons (Fsp3) is 0.192. The Morgan fingerprint density at radius 1 is 1.03 bits per heavy atom. The number of imidazole rings is 1. The van der Waals surface area contributed by atoms with Crippen molar-refractivity contribution < 1.29 is 23.1 Å². The number of nitrogens with zero attached hydrogens (tertiary/aromatic N) is 2. The van der Waals surface area contributed by atoms with Crippen molar-refractivity contribution in [2.24, 2.45) is 5.92 Å². The minimum absolute atomic E-state index is 0.0689. The van der Waals surface area contributed by atoms with E-state index in [2.05, 4.69) is 10.3 Å². The van der Waals surface area contributed by atoms with Gasteiger partial charge in [0.2, 0.25) is 0 Å². The lowest BCUT2D eigenvalue weighted by Crippen LogP contribution is -2.47. The number of fused-ring (bicyclic) bond motifs is 1. The highest BCUT2D eigenvalue weighted by Gasteiger charge is 2.36. The van der Waals surface area contributed by atoms with Crippen molar-refractivity contribution in [1.29, 1.82) is 0 Å². The lowest BCUT2D eigenvalue weighted by molar-refractivity contribution is -0.149. The third kappa shape index (κ3) is 4.03. The third-order valence-corrected chi connectivity index (χ3v) is 6.15. The molecule has 1 aliphatic carbocycles. The number of nitrogens with one attached hydrogen (secondary N) is 1. The van der Waals surface area contributed by atoms with Gasteiger partial charge in [0.25, 0.3) is 5.91 Å². The van der Waals surface area contributed by atoms with E-state index < -0.39 is 11.6 Å². The van der Waals surface area contributed by atoms with Crippen molar-refractivity contribution >= 4 is 17.5 Å². The first kappa shape index (κ1) is 21.8. The Bertz CT molecular complexity index is 1410. The van der Waals surface area contributed by atoms with Gasteiger partial charge in [0.15, 0.2) is 0 Å². The summed E-state index contributed by atoms with van der Waals surface area (Å²) < 4.78 is 34.4. The Hall–Kier alpha value is -4.07. The number of esters is 1. The summed E-state index contributed by atoms with van der Waals surface area (Å²) in [7, 11) is 1.36. The number of ether oxygens (including phenoxy) is 1. The summed E-state index contributed by atoms with van der Waals surface area (Å²) in [5, 5.41) is 2.93. The van der Waals surface area contributed by atoms with Crippen LogP contribution in [0.3, 0.4) is 0 Å². The molecule has 8 heteroatoms. The van der Waals surface area contributed by atoms with Crippen LogP contribution in [0.25, 0.3) is 28.0 Å². The molecule has 4 aromatic rings. The second kappa shape index (κ2) is 8.70. The number of rotatable bonds is 5. The Morgan fingerprint density at radius 3 is 2.53 bits per heavy atom. The van der Waals surface area contributed by atoms with E-state index in [0.717, 1.165) is 6.07 Å². The van der Waals surface area contributed by atoms with E-state index in [9.17, 15) is 18.4 Å². The average molecular weight is 461 g/mol. The zero-order valence-corrected chi connectivity index (χ0v) is 18.3. The molecule has 0 radical (unpaired) electrons. The predicted octanol–water partition coefficient (Wildman–Crippen LogP) is 4.63. The van der Waals surface area contributed by atoms with Crippen LogP contribution in [0.15, 0.2) is 67.0 Å². The van der Waals surface area contributed by atoms with Crippen LogP contribution in [0.4, 0.5) is 8.78 Å². The van der Waals surface area contributed by atoms with E-state index in [-0.39, 0.29) is 29.4 Å². The molecular formula is C26H21F2N3O3. The summed E-state index contributed by atoms with van der Waals surface area (Å²) in [6.45, 7) is 0. The Balaban J connectivity index is 1.40. The van der Waals surface area contributed by atoms with Gasteiger partial charge in [-0.15, -0.1) is 0 Å². The van der Waals surface area contributed by atoms with Gasteiger partial charge in [-0.2, -0.15) is 0 Å². The van der Waals surface area contributed by atoms with Crippen molar-refractivity contribution in [2.75, 3.05) is 7.11 Å². The molecule has 0 spiro atoms. The normalized spacial score (nSPS) is 17.3. The number of hydrogen-bond acceptors (Lipinski definition) is 4. The first-order valence-electron chi connectivity index (χ1n) is 10.8. The highest BCUT2D eigenvalue weighted by molar-refractivity contribution is 5.95. The Kier molecular flexibility index (Phi) is 5.57. The first-order valence-corrected chi connectivity index (χ1v) is 10.8. The molecule has 2 heterocycles. The van der Waals surface area contributed by atoms with E-state index in [1.165, 1.54) is 19.2 Å². The number of carbonyl (C=O) groups excluding carboxylic acids is 2. The number of halogens is 2. The molecule has 5 rings (SSSR count). The summed E-state index contributed by atoms with van der Waals surface area (Å²) >= 11 is 0. The highest BCUT2D eigenvalue weighted by atomic mass is 19.1. The van der Waals surface area contributed by atoms with Crippen molar-refractivity contribution in [3.63, 3.8) is 0 Å². The molecule has 2 aromatic carbocycles. The number of hydrogen-bond donors (Lipinski definition) is 1. The van der Waals surface area contributed by atoms with Gasteiger partial charge in [-0.1, -0.05) is 24.3 Å². The van der Waals surface area contributed by atoms with Crippen molar-refractivity contribution in [1.82, 2.24) is 14.7 Å². The molecule has 172 valence electrons. The maximum atomic E-state index is 14.5. The molecule has 0 aliphatic heterocycles. The fourth-order valence-corrected chi connectivity index (χ4v) is 4.27. The maximum Gasteiger partial charge on any atom is 0.308 e. The van der Waals surface area contributed by atoms with Crippen LogP contribution in [0.2, 0.25) is 0 Å². The second-order valence-electron chi connectivity index (χ2n) is 8.34. The molecule has 1 fully saturated rings. The molecule has 0 saturated heterocycles. The van der Waals surface area contributed by atoms with Crippen molar-refractivity contribution in [3.05, 3.63) is 84.2 Å². The van der Waals surface area contributed by atoms with Crippen LogP contribution in [-0.4, -0.2) is 34.4 Å². The zero-order chi connectivity index (χ0) is 23.8. The first-order chi connectivity index (χ1) is 16.4. The minimum Gasteiger partial charge on any atom is -0.469 e. The van der Waals surface area contributed by atoms with Crippen LogP contribution in [0, 0.1) is 17.6 Å². The van der Waals surface area contributed by atoms with Crippen LogP contribution < -0.4 is 5.32 Å². The number of aromatic nitrogens is 2. The van der Waals surface area contributed by atoms with Gasteiger partial charge in [0.05, 0.1) is 18.7 Å². The van der Waals surface area contributed by atoms with E-state index in [4.69, 9.17) is 4.74 Å². The SMILES string of the molecule is COC(=O)[C@H]1C[C@@H](NC(=O)c2ccn3cc(-c4ccccc4-c4ccc(F)cc4F)nc3c2)C1. The minimum atomic E-state index is -0.652. The maximum absolute atomic E-state index is 14.5. The molecule has 0 atom stereocenters. The zero-order valence-electron chi connectivity index (χ0n) is 18.3. The summed E-state index contributed by atoms with van der Waals surface area (Å²) in [5.74, 6) is -1.95. The van der Waals surface area contributed by atoms with Crippen molar-refractivity contribution in [3.8, 4) is 22.4 Å². The summed E-state index contributed by atoms with van der Waals surface area (Å²) in [6.07, 6.45) is 4.65. The van der Waals surface area contributed by atoms with Crippen LogP contribution in [-0.2, 0) is 9.53 Å². The number of carbonyl (C=O) groups is 2. The van der Waals surface area contributed by atoms with Gasteiger partial charge in [-0.05, 0) is 42.7 Å². The molecule has 0 unspecified atom stereocenters. The van der Waals surface area contributed by atoms with E-state index in [1.54, 1.807) is 41.1 Å². The molecule has 0 bridgehead atoms. The monoisotopic (exact) mass is 461 g/mol. The summed E-state index contributed by atoms with van der Waals surface area (Å²) in [5.41, 5.74) is 3.15.